The fourth-order valence-electron chi connectivity index (χ4n) is 3.54. The molecule has 1 fully saturated rings. The van der Waals surface area contributed by atoms with Crippen LogP contribution in [0.1, 0.15) is 21.6 Å². The van der Waals surface area contributed by atoms with Gasteiger partial charge in [0.15, 0.2) is 0 Å². The third kappa shape index (κ3) is 2.75. The third-order valence-electron chi connectivity index (χ3n) is 5.00. The summed E-state index contributed by atoms with van der Waals surface area (Å²) in [6, 6.07) is 15.7. The normalized spacial score (nSPS) is 14.9. The van der Waals surface area contributed by atoms with Crippen LogP contribution < -0.4 is 4.90 Å². The molecule has 1 aromatic heterocycles. The second-order valence-corrected chi connectivity index (χ2v) is 6.78. The lowest BCUT2D eigenvalue weighted by Crippen LogP contribution is -2.52. The van der Waals surface area contributed by atoms with Gasteiger partial charge in [-0.1, -0.05) is 29.8 Å². The zero-order valence-electron chi connectivity index (χ0n) is 15.0. The van der Waals surface area contributed by atoms with Crippen LogP contribution in [-0.4, -0.2) is 41.3 Å². The number of hydrogen-bond donors (Lipinski definition) is 1. The van der Waals surface area contributed by atoms with Crippen molar-refractivity contribution in [1.82, 2.24) is 9.88 Å². The minimum Gasteiger partial charge on any atom is -0.350 e. The van der Waals surface area contributed by atoms with Crippen molar-refractivity contribution < 1.29 is 9.59 Å². The van der Waals surface area contributed by atoms with Gasteiger partial charge >= 0.3 is 0 Å². The highest BCUT2D eigenvalue weighted by molar-refractivity contribution is 6.04. The first-order valence-electron chi connectivity index (χ1n) is 8.78. The summed E-state index contributed by atoms with van der Waals surface area (Å²) >= 11 is 0. The van der Waals surface area contributed by atoms with Gasteiger partial charge in [-0.2, -0.15) is 0 Å². The molecule has 0 bridgehead atoms. The average molecular weight is 347 g/mol. The van der Waals surface area contributed by atoms with Crippen molar-refractivity contribution in [2.75, 3.05) is 24.5 Å². The molecule has 0 radical (unpaired) electrons. The van der Waals surface area contributed by atoms with Crippen LogP contribution >= 0.6 is 0 Å². The smallest absolute Gasteiger partial charge is 0.271 e. The van der Waals surface area contributed by atoms with Gasteiger partial charge in [0.25, 0.3) is 5.91 Å². The molecule has 2 heterocycles. The van der Waals surface area contributed by atoms with E-state index < -0.39 is 0 Å². The number of aromatic amines is 1. The van der Waals surface area contributed by atoms with Crippen LogP contribution in [0.4, 0.5) is 5.69 Å². The molecule has 3 aromatic rings. The first kappa shape index (κ1) is 16.4. The van der Waals surface area contributed by atoms with Gasteiger partial charge in [-0.25, -0.2) is 0 Å². The van der Waals surface area contributed by atoms with Crippen molar-refractivity contribution in [3.63, 3.8) is 0 Å². The Bertz CT molecular complexity index is 991. The van der Waals surface area contributed by atoms with E-state index in [2.05, 4.69) is 11.1 Å². The van der Waals surface area contributed by atoms with Crippen molar-refractivity contribution >= 4 is 28.4 Å². The number of aromatic nitrogens is 1. The van der Waals surface area contributed by atoms with Crippen molar-refractivity contribution in [3.8, 4) is 0 Å². The number of anilines is 1. The maximum atomic E-state index is 13.0. The van der Waals surface area contributed by atoms with Gasteiger partial charge in [-0.3, -0.25) is 9.59 Å². The quantitative estimate of drug-likeness (QED) is 0.773. The Morgan fingerprint density at radius 2 is 1.81 bits per heavy atom. The zero-order chi connectivity index (χ0) is 18.3. The van der Waals surface area contributed by atoms with E-state index in [9.17, 15) is 9.59 Å². The minimum atomic E-state index is -0.114. The zero-order valence-corrected chi connectivity index (χ0v) is 15.0. The second kappa shape index (κ2) is 6.33. The SMILES string of the molecule is Cc1ccc2[nH]c(C(=O)N3CCN(c4ccccc4)C(=O)C3)c(C)c2c1. The average Bonchev–Trinajstić information content (AvgIpc) is 2.98. The predicted molar refractivity (Wildman–Crippen MR) is 102 cm³/mol. The van der Waals surface area contributed by atoms with E-state index in [0.29, 0.717) is 18.8 Å². The molecule has 1 aliphatic rings. The van der Waals surface area contributed by atoms with Gasteiger partial charge in [0.2, 0.25) is 5.91 Å². The first-order chi connectivity index (χ1) is 12.5. The molecule has 5 heteroatoms. The monoisotopic (exact) mass is 347 g/mol. The summed E-state index contributed by atoms with van der Waals surface area (Å²) in [6.07, 6.45) is 0. The predicted octanol–water partition coefficient (Wildman–Crippen LogP) is 3.27. The van der Waals surface area contributed by atoms with Gasteiger partial charge in [-0.15, -0.1) is 0 Å². The Balaban J connectivity index is 1.57. The highest BCUT2D eigenvalue weighted by atomic mass is 16.2. The fraction of sp³-hybridized carbons (Fsp3) is 0.238. The molecule has 2 amide bonds. The molecule has 1 aliphatic heterocycles. The van der Waals surface area contributed by atoms with Crippen LogP contribution in [0.2, 0.25) is 0 Å². The number of H-pyrrole nitrogens is 1. The van der Waals surface area contributed by atoms with Crippen LogP contribution in [0.5, 0.6) is 0 Å². The number of nitrogens with zero attached hydrogens (tertiary/aromatic N) is 2. The molecule has 26 heavy (non-hydrogen) atoms. The molecule has 0 saturated carbocycles. The Hall–Kier alpha value is -3.08. The Morgan fingerprint density at radius 1 is 1.04 bits per heavy atom. The standard InChI is InChI=1S/C21H21N3O2/c1-14-8-9-18-17(12-14)15(2)20(22-18)21(26)23-10-11-24(19(25)13-23)16-6-4-3-5-7-16/h3-9,12,22H,10-11,13H2,1-2H3. The van der Waals surface area contributed by atoms with Crippen molar-refractivity contribution in [2.24, 2.45) is 0 Å². The Kier molecular flexibility index (Phi) is 3.99. The van der Waals surface area contributed by atoms with Gasteiger partial charge in [0.05, 0.1) is 0 Å². The summed E-state index contributed by atoms with van der Waals surface area (Å²) in [6.45, 7) is 5.12. The summed E-state index contributed by atoms with van der Waals surface area (Å²) in [7, 11) is 0. The van der Waals surface area contributed by atoms with E-state index in [-0.39, 0.29) is 18.4 Å². The summed E-state index contributed by atoms with van der Waals surface area (Å²) in [5.74, 6) is -0.169. The van der Waals surface area contributed by atoms with E-state index in [0.717, 1.165) is 27.7 Å². The molecule has 1 saturated heterocycles. The Labute approximate surface area is 152 Å². The van der Waals surface area contributed by atoms with Crippen molar-refractivity contribution in [2.45, 2.75) is 13.8 Å². The molecule has 0 unspecified atom stereocenters. The molecular formula is C21H21N3O2. The van der Waals surface area contributed by atoms with Gasteiger partial charge < -0.3 is 14.8 Å². The number of fused-ring (bicyclic) bond motifs is 1. The summed E-state index contributed by atoms with van der Waals surface area (Å²) in [5.41, 5.74) is 4.50. The third-order valence-corrected chi connectivity index (χ3v) is 5.00. The van der Waals surface area contributed by atoms with Gasteiger partial charge in [-0.05, 0) is 43.7 Å². The number of carbonyl (C=O) groups excluding carboxylic acids is 2. The van der Waals surface area contributed by atoms with Crippen molar-refractivity contribution in [1.29, 1.82) is 0 Å². The molecule has 2 aromatic carbocycles. The maximum Gasteiger partial charge on any atom is 0.271 e. The molecule has 0 atom stereocenters. The lowest BCUT2D eigenvalue weighted by Gasteiger charge is -2.34. The number of carbonyl (C=O) groups is 2. The largest absolute Gasteiger partial charge is 0.350 e. The van der Waals surface area contributed by atoms with Crippen LogP contribution in [-0.2, 0) is 4.79 Å². The number of rotatable bonds is 2. The van der Waals surface area contributed by atoms with E-state index in [1.807, 2.05) is 56.3 Å². The number of piperazine rings is 1. The van der Waals surface area contributed by atoms with E-state index in [1.54, 1.807) is 9.80 Å². The minimum absolute atomic E-state index is 0.0552. The maximum absolute atomic E-state index is 13.0. The van der Waals surface area contributed by atoms with E-state index in [4.69, 9.17) is 0 Å². The molecule has 0 spiro atoms. The Morgan fingerprint density at radius 3 is 2.54 bits per heavy atom. The number of amides is 2. The number of hydrogen-bond acceptors (Lipinski definition) is 2. The van der Waals surface area contributed by atoms with Crippen LogP contribution in [0.25, 0.3) is 10.9 Å². The molecule has 4 rings (SSSR count). The van der Waals surface area contributed by atoms with E-state index >= 15 is 0 Å². The number of benzene rings is 2. The lowest BCUT2D eigenvalue weighted by molar-refractivity contribution is -0.120. The first-order valence-corrected chi connectivity index (χ1v) is 8.78. The number of nitrogens with one attached hydrogen (secondary N) is 1. The topological polar surface area (TPSA) is 56.4 Å². The lowest BCUT2D eigenvalue weighted by atomic mass is 10.1. The van der Waals surface area contributed by atoms with Gasteiger partial charge in [0.1, 0.15) is 12.2 Å². The molecule has 5 nitrogen and oxygen atoms in total. The number of aryl methyl sites for hydroxylation is 2. The molecular weight excluding hydrogens is 326 g/mol. The summed E-state index contributed by atoms with van der Waals surface area (Å²) < 4.78 is 0. The number of para-hydroxylation sites is 1. The molecule has 0 aliphatic carbocycles. The van der Waals surface area contributed by atoms with Crippen molar-refractivity contribution in [3.05, 3.63) is 65.4 Å². The van der Waals surface area contributed by atoms with E-state index in [1.165, 1.54) is 0 Å². The highest BCUT2D eigenvalue weighted by Crippen LogP contribution is 2.25. The van der Waals surface area contributed by atoms with Crippen LogP contribution in [0, 0.1) is 13.8 Å². The summed E-state index contributed by atoms with van der Waals surface area (Å²) in [5, 5.41) is 1.06. The molecule has 132 valence electrons. The van der Waals surface area contributed by atoms with Gasteiger partial charge in [0, 0.05) is 29.7 Å². The highest BCUT2D eigenvalue weighted by Gasteiger charge is 2.30. The fourth-order valence-corrected chi connectivity index (χ4v) is 3.54. The summed E-state index contributed by atoms with van der Waals surface area (Å²) in [4.78, 5) is 32.2. The second-order valence-electron chi connectivity index (χ2n) is 6.78. The van der Waals surface area contributed by atoms with Crippen LogP contribution in [0.15, 0.2) is 48.5 Å². The molecule has 1 N–H and O–H groups in total. The van der Waals surface area contributed by atoms with Crippen LogP contribution in [0.3, 0.4) is 0 Å².